The lowest BCUT2D eigenvalue weighted by molar-refractivity contribution is -0.136. The summed E-state index contributed by atoms with van der Waals surface area (Å²) in [4.78, 5) is 26.1. The third-order valence-corrected chi connectivity index (χ3v) is 6.86. The Labute approximate surface area is 187 Å². The van der Waals surface area contributed by atoms with E-state index in [4.69, 9.17) is 17.3 Å². The van der Waals surface area contributed by atoms with Crippen LogP contribution in [-0.2, 0) is 17.9 Å². The number of amides is 1. The van der Waals surface area contributed by atoms with E-state index in [0.717, 1.165) is 38.0 Å². The van der Waals surface area contributed by atoms with E-state index in [1.807, 2.05) is 29.2 Å². The summed E-state index contributed by atoms with van der Waals surface area (Å²) in [7, 11) is 0. The first-order valence-electron chi connectivity index (χ1n) is 9.83. The number of aromatic nitrogens is 2. The zero-order chi connectivity index (χ0) is 21.5. The molecule has 4 aromatic rings. The minimum absolute atomic E-state index is 0.0868. The van der Waals surface area contributed by atoms with Gasteiger partial charge in [-0.15, -0.1) is 11.3 Å². The molecule has 0 unspecified atom stereocenters. The predicted octanol–water partition coefficient (Wildman–Crippen LogP) is 4.06. The molecule has 0 saturated carbocycles. The van der Waals surface area contributed by atoms with Gasteiger partial charge in [0.15, 0.2) is 0 Å². The van der Waals surface area contributed by atoms with Crippen LogP contribution in [0.2, 0.25) is 5.02 Å². The summed E-state index contributed by atoms with van der Waals surface area (Å²) < 4.78 is 14.6. The number of thiophene rings is 1. The zero-order valence-electron chi connectivity index (χ0n) is 16.5. The number of nitrogen functional groups attached to an aromatic ring is 1. The fourth-order valence-electron chi connectivity index (χ4n) is 3.89. The first kappa shape index (κ1) is 20.1. The molecule has 5 rings (SSSR count). The number of piperazine rings is 1. The zero-order valence-corrected chi connectivity index (χ0v) is 18.1. The molecule has 2 aromatic carbocycles. The van der Waals surface area contributed by atoms with Crippen molar-refractivity contribution in [1.29, 1.82) is 0 Å². The van der Waals surface area contributed by atoms with Crippen LogP contribution in [0.3, 0.4) is 0 Å². The molecule has 0 aliphatic carbocycles. The largest absolute Gasteiger partial charge is 0.383 e. The maximum atomic E-state index is 13.7. The van der Waals surface area contributed by atoms with Gasteiger partial charge in [0.2, 0.25) is 5.91 Å². The van der Waals surface area contributed by atoms with Crippen LogP contribution >= 0.6 is 22.9 Å². The number of hydrogen-bond acceptors (Lipinski definition) is 6. The van der Waals surface area contributed by atoms with Gasteiger partial charge < -0.3 is 10.6 Å². The van der Waals surface area contributed by atoms with Crippen LogP contribution in [0.4, 0.5) is 10.2 Å². The van der Waals surface area contributed by atoms with E-state index >= 15 is 0 Å². The molecule has 1 fully saturated rings. The average molecular weight is 456 g/mol. The van der Waals surface area contributed by atoms with E-state index in [1.165, 1.54) is 12.4 Å². The van der Waals surface area contributed by atoms with Crippen LogP contribution in [0.1, 0.15) is 10.4 Å². The average Bonchev–Trinajstić information content (AvgIpc) is 3.11. The molecular formula is C22H19ClFN5OS. The van der Waals surface area contributed by atoms with Crippen molar-refractivity contribution in [3.05, 3.63) is 64.0 Å². The van der Waals surface area contributed by atoms with E-state index < -0.39 is 5.82 Å². The predicted molar refractivity (Wildman–Crippen MR) is 121 cm³/mol. The fourth-order valence-corrected chi connectivity index (χ4v) is 5.25. The van der Waals surface area contributed by atoms with E-state index in [1.54, 1.807) is 17.4 Å². The first-order chi connectivity index (χ1) is 15.0. The third-order valence-electron chi connectivity index (χ3n) is 5.49. The van der Waals surface area contributed by atoms with Crippen molar-refractivity contribution in [2.75, 3.05) is 25.4 Å². The third kappa shape index (κ3) is 4.06. The molecule has 2 N–H and O–H groups in total. The Kier molecular flexibility index (Phi) is 5.21. The van der Waals surface area contributed by atoms with Gasteiger partial charge in [-0.1, -0.05) is 17.7 Å². The molecule has 0 bridgehead atoms. The molecule has 9 heteroatoms. The highest BCUT2D eigenvalue weighted by Gasteiger charge is 2.24. The van der Waals surface area contributed by atoms with Crippen molar-refractivity contribution in [3.63, 3.8) is 0 Å². The lowest BCUT2D eigenvalue weighted by Crippen LogP contribution is -2.49. The molecular weight excluding hydrogens is 437 g/mol. The van der Waals surface area contributed by atoms with Crippen LogP contribution in [0, 0.1) is 5.82 Å². The molecule has 0 spiro atoms. The van der Waals surface area contributed by atoms with E-state index in [9.17, 15) is 9.18 Å². The van der Waals surface area contributed by atoms with Crippen molar-refractivity contribution in [2.45, 2.75) is 13.1 Å². The number of anilines is 1. The standard InChI is InChI=1S/C22H19ClFN5OS/c23-17-8-20-14(7-18(17)24)6-15(31-20)10-28-3-4-29(21(30)11-28)9-13-1-2-16-19(5-13)26-12-27-22(16)25/h1-2,5-8,12H,3-4,9-11H2,(H2,25,26,27). The number of benzene rings is 2. The summed E-state index contributed by atoms with van der Waals surface area (Å²) in [5.74, 6) is 0.126. The maximum Gasteiger partial charge on any atom is 0.237 e. The number of carbonyl (C=O) groups excluding carboxylic acids is 1. The highest BCUT2D eigenvalue weighted by molar-refractivity contribution is 7.19. The lowest BCUT2D eigenvalue weighted by Gasteiger charge is -2.34. The number of hydrogen-bond donors (Lipinski definition) is 1. The van der Waals surface area contributed by atoms with Crippen molar-refractivity contribution < 1.29 is 9.18 Å². The lowest BCUT2D eigenvalue weighted by atomic mass is 10.1. The Hall–Kier alpha value is -2.81. The van der Waals surface area contributed by atoms with Gasteiger partial charge in [-0.05, 0) is 41.3 Å². The normalized spacial score (nSPS) is 15.3. The second-order valence-corrected chi connectivity index (χ2v) is 9.23. The molecule has 158 valence electrons. The maximum absolute atomic E-state index is 13.7. The summed E-state index contributed by atoms with van der Waals surface area (Å²) in [6, 6.07) is 10.9. The molecule has 1 amide bonds. The van der Waals surface area contributed by atoms with Gasteiger partial charge in [0.1, 0.15) is 18.0 Å². The van der Waals surface area contributed by atoms with Crippen molar-refractivity contribution in [3.8, 4) is 0 Å². The van der Waals surface area contributed by atoms with Gasteiger partial charge in [-0.3, -0.25) is 9.69 Å². The Morgan fingerprint density at radius 3 is 2.84 bits per heavy atom. The number of rotatable bonds is 4. The Bertz CT molecular complexity index is 1270. The van der Waals surface area contributed by atoms with Crippen LogP contribution in [-0.4, -0.2) is 45.3 Å². The Morgan fingerprint density at radius 1 is 1.13 bits per heavy atom. The number of nitrogens with zero attached hydrogens (tertiary/aromatic N) is 4. The summed E-state index contributed by atoms with van der Waals surface area (Å²) in [6.45, 7) is 2.97. The van der Waals surface area contributed by atoms with Crippen LogP contribution in [0.15, 0.2) is 42.7 Å². The molecule has 1 aliphatic rings. The Morgan fingerprint density at radius 2 is 2.00 bits per heavy atom. The van der Waals surface area contributed by atoms with Gasteiger partial charge in [-0.25, -0.2) is 14.4 Å². The van der Waals surface area contributed by atoms with Gasteiger partial charge in [0, 0.05) is 41.1 Å². The molecule has 0 atom stereocenters. The smallest absolute Gasteiger partial charge is 0.237 e. The summed E-state index contributed by atoms with van der Waals surface area (Å²) in [6.07, 6.45) is 1.45. The van der Waals surface area contributed by atoms with Crippen molar-refractivity contribution in [2.24, 2.45) is 0 Å². The summed E-state index contributed by atoms with van der Waals surface area (Å²) in [5.41, 5.74) is 7.67. The SMILES string of the molecule is Nc1ncnc2cc(CN3CCN(Cc4cc5cc(F)c(Cl)cc5s4)CC3=O)ccc12. The quantitative estimate of drug-likeness (QED) is 0.502. The minimum atomic E-state index is -0.412. The first-order valence-corrected chi connectivity index (χ1v) is 11.0. The fraction of sp³-hybridized carbons (Fsp3) is 0.227. The number of halogens is 2. The van der Waals surface area contributed by atoms with Crippen LogP contribution in [0.5, 0.6) is 0 Å². The second kappa shape index (κ2) is 8.03. The van der Waals surface area contributed by atoms with E-state index in [0.29, 0.717) is 32.0 Å². The molecule has 0 radical (unpaired) electrons. The van der Waals surface area contributed by atoms with Crippen LogP contribution in [0.25, 0.3) is 21.0 Å². The van der Waals surface area contributed by atoms with E-state index in [-0.39, 0.29) is 10.9 Å². The molecule has 1 saturated heterocycles. The summed E-state index contributed by atoms with van der Waals surface area (Å²) >= 11 is 7.47. The summed E-state index contributed by atoms with van der Waals surface area (Å²) in [5, 5.41) is 1.78. The van der Waals surface area contributed by atoms with Gasteiger partial charge in [0.25, 0.3) is 0 Å². The van der Waals surface area contributed by atoms with Gasteiger partial charge >= 0.3 is 0 Å². The van der Waals surface area contributed by atoms with E-state index in [2.05, 4.69) is 14.9 Å². The van der Waals surface area contributed by atoms with Gasteiger partial charge in [0.05, 0.1) is 17.1 Å². The second-order valence-electron chi connectivity index (χ2n) is 7.65. The van der Waals surface area contributed by atoms with Crippen molar-refractivity contribution in [1.82, 2.24) is 19.8 Å². The van der Waals surface area contributed by atoms with Crippen LogP contribution < -0.4 is 5.73 Å². The molecule has 1 aliphatic heterocycles. The minimum Gasteiger partial charge on any atom is -0.383 e. The monoisotopic (exact) mass is 455 g/mol. The highest BCUT2D eigenvalue weighted by Crippen LogP contribution is 2.31. The molecule has 31 heavy (non-hydrogen) atoms. The number of carbonyl (C=O) groups is 1. The van der Waals surface area contributed by atoms with Crippen molar-refractivity contribution >= 4 is 55.7 Å². The number of fused-ring (bicyclic) bond motifs is 2. The van der Waals surface area contributed by atoms with Gasteiger partial charge in [-0.2, -0.15) is 0 Å². The highest BCUT2D eigenvalue weighted by atomic mass is 35.5. The number of nitrogens with two attached hydrogens (primary N) is 1. The molecule has 6 nitrogen and oxygen atoms in total. The molecule has 3 heterocycles. The Balaban J connectivity index is 1.25. The topological polar surface area (TPSA) is 75.3 Å². The molecule has 2 aromatic heterocycles.